The molecule has 29 heavy (non-hydrogen) atoms. The zero-order chi connectivity index (χ0) is 21.1. The van der Waals surface area contributed by atoms with Crippen LogP contribution in [0.2, 0.25) is 0 Å². The third-order valence-corrected chi connectivity index (χ3v) is 5.19. The van der Waals surface area contributed by atoms with Crippen LogP contribution in [0.4, 0.5) is 0 Å². The molecule has 0 aromatic heterocycles. The van der Waals surface area contributed by atoms with E-state index in [2.05, 4.69) is 15.6 Å². The van der Waals surface area contributed by atoms with E-state index in [0.717, 1.165) is 18.6 Å². The first-order valence-corrected chi connectivity index (χ1v) is 10.0. The number of carbonyl (C=O) groups excluding carboxylic acids is 1. The van der Waals surface area contributed by atoms with Gasteiger partial charge in [-0.1, -0.05) is 12.1 Å². The molecule has 8 nitrogen and oxygen atoms in total. The molecule has 1 heterocycles. The van der Waals surface area contributed by atoms with Gasteiger partial charge < -0.3 is 30.1 Å². The summed E-state index contributed by atoms with van der Waals surface area (Å²) >= 11 is 0. The van der Waals surface area contributed by atoms with Gasteiger partial charge in [0.25, 0.3) is 0 Å². The first-order valence-electron chi connectivity index (χ1n) is 10.0. The van der Waals surface area contributed by atoms with Crippen molar-refractivity contribution in [2.45, 2.75) is 19.3 Å². The second kappa shape index (κ2) is 11.6. The van der Waals surface area contributed by atoms with Crippen molar-refractivity contribution in [3.05, 3.63) is 29.8 Å². The van der Waals surface area contributed by atoms with Crippen LogP contribution in [0, 0.1) is 5.41 Å². The number of hydrogen-bond acceptors (Lipinski definition) is 5. The molecule has 2 rings (SSSR count). The van der Waals surface area contributed by atoms with Gasteiger partial charge in [0, 0.05) is 45.8 Å². The quantitative estimate of drug-likeness (QED) is 0.390. The van der Waals surface area contributed by atoms with Crippen molar-refractivity contribution in [2.75, 3.05) is 60.7 Å². The number of amides is 1. The van der Waals surface area contributed by atoms with E-state index in [-0.39, 0.29) is 24.5 Å². The molecule has 0 spiro atoms. The number of ether oxygens (including phenoxy) is 2. The molecule has 0 bridgehead atoms. The van der Waals surface area contributed by atoms with Crippen molar-refractivity contribution >= 4 is 11.9 Å². The molecule has 1 unspecified atom stereocenters. The molecule has 1 amide bonds. The topological polar surface area (TPSA) is 95.4 Å². The number of nitrogens with zero attached hydrogens (tertiary/aromatic N) is 2. The summed E-state index contributed by atoms with van der Waals surface area (Å²) in [7, 11) is 5.08. The van der Waals surface area contributed by atoms with Gasteiger partial charge in [0.15, 0.2) is 5.96 Å². The fourth-order valence-electron chi connectivity index (χ4n) is 3.16. The molecule has 8 heteroatoms. The molecule has 162 valence electrons. The van der Waals surface area contributed by atoms with Crippen LogP contribution in [-0.2, 0) is 16.0 Å². The summed E-state index contributed by atoms with van der Waals surface area (Å²) in [6.07, 6.45) is 2.39. The van der Waals surface area contributed by atoms with Gasteiger partial charge in [-0.05, 0) is 37.0 Å². The molecule has 1 atom stereocenters. The summed E-state index contributed by atoms with van der Waals surface area (Å²) in [5.41, 5.74) is 1.08. The molecule has 0 saturated carbocycles. The van der Waals surface area contributed by atoms with E-state index in [4.69, 9.17) is 9.47 Å². The molecular weight excluding hydrogens is 372 g/mol. The number of aliphatic imine (C=N–C) groups is 1. The number of aliphatic hydroxyl groups excluding tert-OH is 1. The van der Waals surface area contributed by atoms with E-state index in [9.17, 15) is 9.90 Å². The lowest BCUT2D eigenvalue weighted by molar-refractivity contribution is -0.127. The predicted molar refractivity (Wildman–Crippen MR) is 113 cm³/mol. The molecule has 3 N–H and O–H groups in total. The van der Waals surface area contributed by atoms with Crippen molar-refractivity contribution in [1.29, 1.82) is 0 Å². The van der Waals surface area contributed by atoms with Gasteiger partial charge in [-0.3, -0.25) is 4.79 Å². The predicted octanol–water partition coefficient (Wildman–Crippen LogP) is 0.650. The van der Waals surface area contributed by atoms with Gasteiger partial charge in [0.05, 0.1) is 13.7 Å². The van der Waals surface area contributed by atoms with E-state index < -0.39 is 0 Å². The number of guanidine groups is 1. The Labute approximate surface area is 173 Å². The van der Waals surface area contributed by atoms with E-state index in [0.29, 0.717) is 38.7 Å². The molecule has 1 saturated heterocycles. The number of methoxy groups -OCH3 is 1. The molecule has 1 aliphatic heterocycles. The number of aliphatic hydroxyl groups is 1. The first-order chi connectivity index (χ1) is 14.0. The zero-order valence-electron chi connectivity index (χ0n) is 17.7. The highest BCUT2D eigenvalue weighted by molar-refractivity contribution is 5.84. The maximum Gasteiger partial charge on any atom is 0.243 e. The maximum absolute atomic E-state index is 11.9. The summed E-state index contributed by atoms with van der Waals surface area (Å²) < 4.78 is 10.7. The number of hydrogen-bond donors (Lipinski definition) is 3. The number of rotatable bonds is 10. The molecule has 0 radical (unpaired) electrons. The highest BCUT2D eigenvalue weighted by Crippen LogP contribution is 2.31. The Balaban J connectivity index is 1.94. The summed E-state index contributed by atoms with van der Waals surface area (Å²) in [5.74, 6) is 1.37. The Morgan fingerprint density at radius 3 is 2.66 bits per heavy atom. The normalized spacial score (nSPS) is 19.1. The van der Waals surface area contributed by atoms with Gasteiger partial charge >= 0.3 is 0 Å². The minimum absolute atomic E-state index is 0.0597. The number of nitrogens with one attached hydrogen (secondary N) is 2. The lowest BCUT2D eigenvalue weighted by Gasteiger charge is -2.28. The minimum Gasteiger partial charge on any atom is -0.497 e. The van der Waals surface area contributed by atoms with Crippen LogP contribution in [0.1, 0.15) is 18.4 Å². The summed E-state index contributed by atoms with van der Waals surface area (Å²) in [6, 6.07) is 7.95. The van der Waals surface area contributed by atoms with Crippen LogP contribution in [0.25, 0.3) is 0 Å². The average molecular weight is 407 g/mol. The Kier molecular flexibility index (Phi) is 9.21. The number of likely N-dealkylation sites (N-methyl/N-ethyl adjacent to an activating group) is 1. The Morgan fingerprint density at radius 1 is 1.31 bits per heavy atom. The second-order valence-electron chi connectivity index (χ2n) is 7.61. The smallest absolute Gasteiger partial charge is 0.243 e. The van der Waals surface area contributed by atoms with E-state index >= 15 is 0 Å². The Morgan fingerprint density at radius 2 is 2.07 bits per heavy atom. The van der Waals surface area contributed by atoms with Crippen molar-refractivity contribution in [3.63, 3.8) is 0 Å². The monoisotopic (exact) mass is 406 g/mol. The van der Waals surface area contributed by atoms with Gasteiger partial charge in [-0.2, -0.15) is 0 Å². The molecule has 1 aliphatic rings. The zero-order valence-corrected chi connectivity index (χ0v) is 17.7. The highest BCUT2D eigenvalue weighted by atomic mass is 16.5. The van der Waals surface area contributed by atoms with Crippen LogP contribution in [0.15, 0.2) is 29.3 Å². The van der Waals surface area contributed by atoms with Gasteiger partial charge in [0.2, 0.25) is 5.91 Å². The second-order valence-corrected chi connectivity index (χ2v) is 7.61. The van der Waals surface area contributed by atoms with Crippen LogP contribution >= 0.6 is 0 Å². The third kappa shape index (κ3) is 7.55. The van der Waals surface area contributed by atoms with Crippen molar-refractivity contribution in [3.8, 4) is 5.75 Å². The standard InChI is InChI=1S/C21H34N4O4/c1-25(2)19(27)14-23-20(24-15-21(9-12-26)10-13-29-16-21)22-11-8-17-4-6-18(28-3)7-5-17/h4-7,26H,8-16H2,1-3H3,(H2,22,23,24). The molecule has 0 aliphatic carbocycles. The fourth-order valence-corrected chi connectivity index (χ4v) is 3.16. The number of benzene rings is 1. The van der Waals surface area contributed by atoms with Crippen molar-refractivity contribution in [1.82, 2.24) is 15.5 Å². The van der Waals surface area contributed by atoms with Gasteiger partial charge in [0.1, 0.15) is 12.3 Å². The summed E-state index contributed by atoms with van der Waals surface area (Å²) in [6.45, 7) is 2.85. The largest absolute Gasteiger partial charge is 0.497 e. The van der Waals surface area contributed by atoms with E-state index in [1.54, 1.807) is 21.2 Å². The maximum atomic E-state index is 11.9. The van der Waals surface area contributed by atoms with Crippen LogP contribution in [0.5, 0.6) is 5.75 Å². The van der Waals surface area contributed by atoms with Crippen LogP contribution in [0.3, 0.4) is 0 Å². The fraction of sp³-hybridized carbons (Fsp3) is 0.619. The molecule has 1 aromatic rings. The Hall–Kier alpha value is -2.32. The van der Waals surface area contributed by atoms with Crippen molar-refractivity contribution in [2.24, 2.45) is 10.4 Å². The van der Waals surface area contributed by atoms with E-state index in [1.165, 1.54) is 10.5 Å². The first kappa shape index (κ1) is 23.0. The number of carbonyl (C=O) groups is 1. The molecule has 1 aromatic carbocycles. The molecular formula is C21H34N4O4. The van der Waals surface area contributed by atoms with Gasteiger partial charge in [-0.25, -0.2) is 4.99 Å². The highest BCUT2D eigenvalue weighted by Gasteiger charge is 2.34. The van der Waals surface area contributed by atoms with Crippen LogP contribution in [-0.4, -0.2) is 82.5 Å². The lowest BCUT2D eigenvalue weighted by atomic mass is 9.84. The van der Waals surface area contributed by atoms with E-state index in [1.807, 2.05) is 24.3 Å². The average Bonchev–Trinajstić information content (AvgIpc) is 3.18. The summed E-state index contributed by atoms with van der Waals surface area (Å²) in [5, 5.41) is 16.1. The Bertz CT molecular complexity index is 655. The summed E-state index contributed by atoms with van der Waals surface area (Å²) in [4.78, 5) is 17.9. The third-order valence-electron chi connectivity index (χ3n) is 5.19. The SMILES string of the molecule is COc1ccc(CCNC(=NCC(=O)N(C)C)NCC2(CCO)CCOC2)cc1. The van der Waals surface area contributed by atoms with Crippen LogP contribution < -0.4 is 15.4 Å². The molecule has 1 fully saturated rings. The lowest BCUT2D eigenvalue weighted by Crippen LogP contribution is -2.45. The van der Waals surface area contributed by atoms with Gasteiger partial charge in [-0.15, -0.1) is 0 Å². The minimum atomic E-state index is -0.0985. The van der Waals surface area contributed by atoms with Crippen molar-refractivity contribution < 1.29 is 19.4 Å².